The molecule has 1 fully saturated rings. The highest BCUT2D eigenvalue weighted by atomic mass is 35.5. The predicted octanol–water partition coefficient (Wildman–Crippen LogP) is 2.86. The maximum absolute atomic E-state index is 12.1. The minimum Gasteiger partial charge on any atom is -0.356 e. The molecule has 1 N–H and O–H groups in total. The maximum Gasteiger partial charge on any atom is 0.227 e. The zero-order valence-electron chi connectivity index (χ0n) is 12.4. The molecule has 1 aliphatic rings. The Morgan fingerprint density at radius 1 is 1.38 bits per heavy atom. The first-order valence-electron chi connectivity index (χ1n) is 7.28. The van der Waals surface area contributed by atoms with E-state index in [4.69, 9.17) is 11.6 Å². The van der Waals surface area contributed by atoms with E-state index in [2.05, 4.69) is 5.32 Å². The van der Waals surface area contributed by atoms with Crippen LogP contribution in [0.5, 0.6) is 0 Å². The Labute approximate surface area is 130 Å². The lowest BCUT2D eigenvalue weighted by Crippen LogP contribution is -2.31. The van der Waals surface area contributed by atoms with Crippen LogP contribution in [-0.4, -0.2) is 24.9 Å². The molecule has 0 aromatic heterocycles. The van der Waals surface area contributed by atoms with Crippen LogP contribution in [0.15, 0.2) is 24.3 Å². The third-order valence-corrected chi connectivity index (χ3v) is 3.78. The molecule has 114 valence electrons. The predicted molar refractivity (Wildman–Crippen MR) is 84.4 cm³/mol. The highest BCUT2D eigenvalue weighted by molar-refractivity contribution is 6.30. The molecule has 1 saturated heterocycles. The monoisotopic (exact) mass is 308 g/mol. The van der Waals surface area contributed by atoms with Gasteiger partial charge in [0.2, 0.25) is 11.8 Å². The van der Waals surface area contributed by atoms with E-state index >= 15 is 0 Å². The van der Waals surface area contributed by atoms with Gasteiger partial charge in [0.05, 0.1) is 0 Å². The van der Waals surface area contributed by atoms with Gasteiger partial charge >= 0.3 is 0 Å². The zero-order chi connectivity index (χ0) is 15.4. The van der Waals surface area contributed by atoms with Crippen molar-refractivity contribution in [2.45, 2.75) is 26.7 Å². The number of carbonyl (C=O) groups excluding carboxylic acids is 2. The fourth-order valence-electron chi connectivity index (χ4n) is 2.49. The average molecular weight is 309 g/mol. The van der Waals surface area contributed by atoms with Crippen LogP contribution in [0.25, 0.3) is 0 Å². The molecule has 1 aromatic rings. The summed E-state index contributed by atoms with van der Waals surface area (Å²) >= 11 is 5.86. The summed E-state index contributed by atoms with van der Waals surface area (Å²) in [5.41, 5.74) is 0.861. The van der Waals surface area contributed by atoms with E-state index in [1.807, 2.05) is 26.0 Å². The number of nitrogens with one attached hydrogen (secondary N) is 1. The zero-order valence-corrected chi connectivity index (χ0v) is 13.2. The largest absolute Gasteiger partial charge is 0.356 e. The van der Waals surface area contributed by atoms with Crippen LogP contribution in [0, 0.1) is 11.8 Å². The number of rotatable bonds is 5. The quantitative estimate of drug-likeness (QED) is 0.909. The van der Waals surface area contributed by atoms with Gasteiger partial charge in [-0.3, -0.25) is 9.59 Å². The van der Waals surface area contributed by atoms with E-state index in [0.29, 0.717) is 36.9 Å². The van der Waals surface area contributed by atoms with Gasteiger partial charge in [0.25, 0.3) is 0 Å². The van der Waals surface area contributed by atoms with Gasteiger partial charge < -0.3 is 10.2 Å². The Hall–Kier alpha value is -1.55. The average Bonchev–Trinajstić information content (AvgIpc) is 2.78. The lowest BCUT2D eigenvalue weighted by molar-refractivity contribution is -0.122. The molecule has 1 aliphatic heterocycles. The van der Waals surface area contributed by atoms with Gasteiger partial charge in [-0.2, -0.15) is 0 Å². The number of nitrogens with zero attached hydrogens (tertiary/aromatic N) is 1. The number of halogens is 1. The van der Waals surface area contributed by atoms with E-state index in [9.17, 15) is 9.59 Å². The highest BCUT2D eigenvalue weighted by Gasteiger charge is 2.30. The van der Waals surface area contributed by atoms with Crippen LogP contribution in [0.1, 0.15) is 26.7 Å². The van der Waals surface area contributed by atoms with Crippen LogP contribution in [-0.2, 0) is 9.59 Å². The maximum atomic E-state index is 12.1. The molecular weight excluding hydrogens is 288 g/mol. The molecule has 21 heavy (non-hydrogen) atoms. The highest BCUT2D eigenvalue weighted by Crippen LogP contribution is 2.25. The van der Waals surface area contributed by atoms with Gasteiger partial charge in [-0.05, 0) is 30.2 Å². The van der Waals surface area contributed by atoms with E-state index in [-0.39, 0.29) is 17.7 Å². The third kappa shape index (κ3) is 4.46. The van der Waals surface area contributed by atoms with Crippen molar-refractivity contribution in [2.24, 2.45) is 11.8 Å². The molecule has 1 aromatic carbocycles. The van der Waals surface area contributed by atoms with Gasteiger partial charge in [0, 0.05) is 42.6 Å². The van der Waals surface area contributed by atoms with Gasteiger partial charge in [-0.15, -0.1) is 0 Å². The lowest BCUT2D eigenvalue weighted by atomic mass is 10.1. The van der Waals surface area contributed by atoms with Gasteiger partial charge in [-0.25, -0.2) is 0 Å². The fourth-order valence-corrected chi connectivity index (χ4v) is 2.62. The van der Waals surface area contributed by atoms with Crippen LogP contribution in [0.2, 0.25) is 5.02 Å². The van der Waals surface area contributed by atoms with Crippen molar-refractivity contribution in [3.05, 3.63) is 29.3 Å². The fraction of sp³-hybridized carbons (Fsp3) is 0.500. The summed E-state index contributed by atoms with van der Waals surface area (Å²) in [6.45, 7) is 5.23. The summed E-state index contributed by atoms with van der Waals surface area (Å²) in [6, 6.07) is 7.25. The molecule has 2 rings (SSSR count). The van der Waals surface area contributed by atoms with Gasteiger partial charge in [-0.1, -0.05) is 25.4 Å². The van der Waals surface area contributed by atoms with Crippen molar-refractivity contribution in [3.63, 3.8) is 0 Å². The van der Waals surface area contributed by atoms with E-state index in [1.165, 1.54) is 0 Å². The van der Waals surface area contributed by atoms with Crippen molar-refractivity contribution in [2.75, 3.05) is 18.0 Å². The van der Waals surface area contributed by atoms with E-state index < -0.39 is 0 Å². The second-order valence-corrected chi connectivity index (χ2v) is 6.39. The topological polar surface area (TPSA) is 49.4 Å². The molecule has 4 nitrogen and oxygen atoms in total. The molecule has 0 radical (unpaired) electrons. The third-order valence-electron chi connectivity index (χ3n) is 3.52. The number of anilines is 1. The number of carbonyl (C=O) groups is 2. The van der Waals surface area contributed by atoms with Crippen LogP contribution in [0.4, 0.5) is 5.69 Å². The molecule has 1 atom stereocenters. The summed E-state index contributed by atoms with van der Waals surface area (Å²) < 4.78 is 0. The number of benzene rings is 1. The van der Waals surface area contributed by atoms with Crippen molar-refractivity contribution < 1.29 is 9.59 Å². The summed E-state index contributed by atoms with van der Waals surface area (Å²) in [6.07, 6.45) is 1.01. The molecule has 0 spiro atoms. The molecule has 2 amide bonds. The summed E-state index contributed by atoms with van der Waals surface area (Å²) in [5, 5.41) is 3.57. The summed E-state index contributed by atoms with van der Waals surface area (Å²) in [4.78, 5) is 25.5. The first kappa shape index (κ1) is 15.8. The molecule has 0 bridgehead atoms. The van der Waals surface area contributed by atoms with Crippen molar-refractivity contribution in [3.8, 4) is 0 Å². The number of amides is 2. The molecule has 5 heteroatoms. The Bertz CT molecular complexity index is 514. The summed E-state index contributed by atoms with van der Waals surface area (Å²) in [7, 11) is 0. The van der Waals surface area contributed by atoms with Gasteiger partial charge in [0.1, 0.15) is 0 Å². The second-order valence-electron chi connectivity index (χ2n) is 5.95. The van der Waals surface area contributed by atoms with E-state index in [0.717, 1.165) is 5.69 Å². The Balaban J connectivity index is 1.88. The number of hydrogen-bond acceptors (Lipinski definition) is 2. The molecule has 1 heterocycles. The SMILES string of the molecule is CC(C)CC(=O)NCC1CC(=O)N(c2ccc(Cl)cc2)C1. The normalized spacial score (nSPS) is 18.4. The van der Waals surface area contributed by atoms with Crippen molar-refractivity contribution in [1.29, 1.82) is 0 Å². The minimum atomic E-state index is 0.0578. The molecule has 1 unspecified atom stereocenters. The standard InChI is InChI=1S/C16H21ClN2O2/c1-11(2)7-15(20)18-9-12-8-16(21)19(10-12)14-5-3-13(17)4-6-14/h3-6,11-12H,7-10H2,1-2H3,(H,18,20). The van der Waals surface area contributed by atoms with Crippen LogP contribution in [0.3, 0.4) is 0 Å². The first-order chi connectivity index (χ1) is 9.95. The molecule has 0 aliphatic carbocycles. The van der Waals surface area contributed by atoms with Crippen molar-refractivity contribution in [1.82, 2.24) is 5.32 Å². The Morgan fingerprint density at radius 3 is 2.67 bits per heavy atom. The Morgan fingerprint density at radius 2 is 2.05 bits per heavy atom. The van der Waals surface area contributed by atoms with Crippen molar-refractivity contribution >= 4 is 29.1 Å². The first-order valence-corrected chi connectivity index (χ1v) is 7.66. The van der Waals surface area contributed by atoms with Crippen LogP contribution < -0.4 is 10.2 Å². The Kier molecular flexibility index (Phi) is 5.23. The second kappa shape index (κ2) is 6.94. The summed E-state index contributed by atoms with van der Waals surface area (Å²) in [5.74, 6) is 0.674. The van der Waals surface area contributed by atoms with E-state index in [1.54, 1.807) is 17.0 Å². The minimum absolute atomic E-state index is 0.0578. The molecular formula is C16H21ClN2O2. The molecule has 0 saturated carbocycles. The smallest absolute Gasteiger partial charge is 0.227 e. The lowest BCUT2D eigenvalue weighted by Gasteiger charge is -2.17. The van der Waals surface area contributed by atoms with Crippen LogP contribution >= 0.6 is 11.6 Å². The van der Waals surface area contributed by atoms with Gasteiger partial charge in [0.15, 0.2) is 0 Å². The number of hydrogen-bond donors (Lipinski definition) is 1.